The van der Waals surface area contributed by atoms with Gasteiger partial charge in [0.15, 0.2) is 0 Å². The SMILES string of the molecule is COc1ccc(NC(=O)Nc2ccncc2Br)cc1. The van der Waals surface area contributed by atoms with Gasteiger partial charge in [0.25, 0.3) is 0 Å². The Hall–Kier alpha value is -2.08. The first kappa shape index (κ1) is 13.4. The monoisotopic (exact) mass is 321 g/mol. The highest BCUT2D eigenvalue weighted by atomic mass is 79.9. The molecule has 1 aromatic carbocycles. The minimum Gasteiger partial charge on any atom is -0.497 e. The second-order valence-corrected chi connectivity index (χ2v) is 4.52. The summed E-state index contributed by atoms with van der Waals surface area (Å²) in [6.45, 7) is 0. The summed E-state index contributed by atoms with van der Waals surface area (Å²) >= 11 is 3.31. The lowest BCUT2D eigenvalue weighted by Gasteiger charge is -2.09. The van der Waals surface area contributed by atoms with E-state index in [9.17, 15) is 4.79 Å². The van der Waals surface area contributed by atoms with E-state index in [0.29, 0.717) is 11.4 Å². The van der Waals surface area contributed by atoms with Gasteiger partial charge in [-0.3, -0.25) is 4.98 Å². The summed E-state index contributed by atoms with van der Waals surface area (Å²) in [6.07, 6.45) is 3.22. The van der Waals surface area contributed by atoms with Crippen LogP contribution in [0.4, 0.5) is 16.2 Å². The Morgan fingerprint density at radius 1 is 1.21 bits per heavy atom. The van der Waals surface area contributed by atoms with Gasteiger partial charge in [0.05, 0.1) is 17.3 Å². The molecule has 0 unspecified atom stereocenters. The van der Waals surface area contributed by atoms with Crippen LogP contribution in [-0.4, -0.2) is 18.1 Å². The highest BCUT2D eigenvalue weighted by molar-refractivity contribution is 9.10. The van der Waals surface area contributed by atoms with Crippen molar-refractivity contribution in [1.29, 1.82) is 0 Å². The predicted octanol–water partition coefficient (Wildman–Crippen LogP) is 3.50. The van der Waals surface area contributed by atoms with E-state index in [1.165, 1.54) is 0 Å². The van der Waals surface area contributed by atoms with E-state index in [1.807, 2.05) is 0 Å². The fourth-order valence-electron chi connectivity index (χ4n) is 1.44. The van der Waals surface area contributed by atoms with E-state index >= 15 is 0 Å². The molecule has 0 bridgehead atoms. The number of ether oxygens (including phenoxy) is 1. The Morgan fingerprint density at radius 3 is 2.58 bits per heavy atom. The lowest BCUT2D eigenvalue weighted by atomic mass is 10.3. The van der Waals surface area contributed by atoms with Crippen molar-refractivity contribution in [2.45, 2.75) is 0 Å². The molecular weight excluding hydrogens is 310 g/mol. The molecule has 2 aromatic rings. The molecule has 0 aliphatic carbocycles. The average molecular weight is 322 g/mol. The zero-order valence-electron chi connectivity index (χ0n) is 10.2. The third kappa shape index (κ3) is 3.69. The van der Waals surface area contributed by atoms with Crippen molar-refractivity contribution in [2.24, 2.45) is 0 Å². The summed E-state index contributed by atoms with van der Waals surface area (Å²) < 4.78 is 5.77. The van der Waals surface area contributed by atoms with E-state index in [1.54, 1.807) is 49.8 Å². The van der Waals surface area contributed by atoms with E-state index < -0.39 is 0 Å². The first-order valence-corrected chi connectivity index (χ1v) is 6.30. The number of nitrogens with zero attached hydrogens (tertiary/aromatic N) is 1. The van der Waals surface area contributed by atoms with Crippen LogP contribution >= 0.6 is 15.9 Å². The number of rotatable bonds is 3. The van der Waals surface area contributed by atoms with Crippen molar-refractivity contribution in [3.8, 4) is 5.75 Å². The lowest BCUT2D eigenvalue weighted by Crippen LogP contribution is -2.19. The number of urea groups is 1. The van der Waals surface area contributed by atoms with Crippen molar-refractivity contribution in [2.75, 3.05) is 17.7 Å². The van der Waals surface area contributed by atoms with Gasteiger partial charge < -0.3 is 15.4 Å². The number of methoxy groups -OCH3 is 1. The molecule has 6 heteroatoms. The fraction of sp³-hybridized carbons (Fsp3) is 0.0769. The summed E-state index contributed by atoms with van der Waals surface area (Å²) in [5.74, 6) is 0.739. The van der Waals surface area contributed by atoms with Crippen LogP contribution in [0.3, 0.4) is 0 Å². The van der Waals surface area contributed by atoms with Crippen molar-refractivity contribution in [3.63, 3.8) is 0 Å². The maximum atomic E-state index is 11.8. The minimum absolute atomic E-state index is 0.322. The van der Waals surface area contributed by atoms with Crippen molar-refractivity contribution < 1.29 is 9.53 Å². The number of pyridine rings is 1. The van der Waals surface area contributed by atoms with Gasteiger partial charge in [-0.25, -0.2) is 4.79 Å². The van der Waals surface area contributed by atoms with Crippen LogP contribution < -0.4 is 15.4 Å². The Balaban J connectivity index is 1.99. The molecule has 0 aliphatic heterocycles. The maximum absolute atomic E-state index is 11.8. The minimum atomic E-state index is -0.322. The van der Waals surface area contributed by atoms with Gasteiger partial charge in [-0.2, -0.15) is 0 Å². The number of hydrogen-bond donors (Lipinski definition) is 2. The number of hydrogen-bond acceptors (Lipinski definition) is 3. The Kier molecular flexibility index (Phi) is 4.35. The van der Waals surface area contributed by atoms with Gasteiger partial charge in [-0.15, -0.1) is 0 Å². The van der Waals surface area contributed by atoms with Crippen LogP contribution in [0.5, 0.6) is 5.75 Å². The highest BCUT2D eigenvalue weighted by Gasteiger charge is 2.05. The largest absolute Gasteiger partial charge is 0.497 e. The van der Waals surface area contributed by atoms with Crippen molar-refractivity contribution in [1.82, 2.24) is 4.98 Å². The second kappa shape index (κ2) is 6.19. The molecule has 0 saturated heterocycles. The van der Waals surface area contributed by atoms with Crippen molar-refractivity contribution >= 4 is 33.3 Å². The van der Waals surface area contributed by atoms with Crippen LogP contribution in [0, 0.1) is 0 Å². The fourth-order valence-corrected chi connectivity index (χ4v) is 1.79. The van der Waals surface area contributed by atoms with Gasteiger partial charge in [-0.1, -0.05) is 0 Å². The third-order valence-electron chi connectivity index (χ3n) is 2.37. The molecule has 0 saturated carbocycles. The second-order valence-electron chi connectivity index (χ2n) is 3.66. The smallest absolute Gasteiger partial charge is 0.323 e. The molecule has 2 rings (SSSR count). The summed E-state index contributed by atoms with van der Waals surface area (Å²) in [6, 6.07) is 8.46. The molecule has 1 heterocycles. The first-order chi connectivity index (χ1) is 9.19. The number of carbonyl (C=O) groups is 1. The maximum Gasteiger partial charge on any atom is 0.323 e. The molecule has 0 spiro atoms. The lowest BCUT2D eigenvalue weighted by molar-refractivity contribution is 0.262. The van der Waals surface area contributed by atoms with E-state index in [-0.39, 0.29) is 6.03 Å². The van der Waals surface area contributed by atoms with Gasteiger partial charge in [-0.05, 0) is 46.3 Å². The number of nitrogens with one attached hydrogen (secondary N) is 2. The molecule has 1 aromatic heterocycles. The third-order valence-corrected chi connectivity index (χ3v) is 3.00. The van der Waals surface area contributed by atoms with Gasteiger partial charge in [0.1, 0.15) is 5.75 Å². The first-order valence-electron chi connectivity index (χ1n) is 5.50. The molecule has 0 aliphatic rings. The van der Waals surface area contributed by atoms with Crippen LogP contribution in [0.15, 0.2) is 47.2 Å². The quantitative estimate of drug-likeness (QED) is 0.909. The molecule has 0 atom stereocenters. The number of anilines is 2. The van der Waals surface area contributed by atoms with Crippen LogP contribution in [0.2, 0.25) is 0 Å². The topological polar surface area (TPSA) is 63.2 Å². The molecule has 19 heavy (non-hydrogen) atoms. The molecule has 2 amide bonds. The number of carbonyl (C=O) groups excluding carboxylic acids is 1. The number of benzene rings is 1. The van der Waals surface area contributed by atoms with Crippen LogP contribution in [-0.2, 0) is 0 Å². The zero-order chi connectivity index (χ0) is 13.7. The van der Waals surface area contributed by atoms with Gasteiger partial charge in [0, 0.05) is 18.1 Å². The number of halogens is 1. The Labute approximate surface area is 119 Å². The zero-order valence-corrected chi connectivity index (χ0v) is 11.8. The van der Waals surface area contributed by atoms with Crippen LogP contribution in [0.1, 0.15) is 0 Å². The van der Waals surface area contributed by atoms with E-state index in [4.69, 9.17) is 4.74 Å². The Bertz CT molecular complexity index is 572. The van der Waals surface area contributed by atoms with E-state index in [2.05, 4.69) is 31.5 Å². The summed E-state index contributed by atoms with van der Waals surface area (Å²) in [4.78, 5) is 15.7. The number of aromatic nitrogens is 1. The Morgan fingerprint density at radius 2 is 1.95 bits per heavy atom. The average Bonchev–Trinajstić information content (AvgIpc) is 2.42. The number of amides is 2. The molecule has 2 N–H and O–H groups in total. The standard InChI is InChI=1S/C13H12BrN3O2/c1-19-10-4-2-9(3-5-10)16-13(18)17-12-6-7-15-8-11(12)14/h2-8H,1H3,(H2,15,16,17,18). The van der Waals surface area contributed by atoms with E-state index in [0.717, 1.165) is 10.2 Å². The molecule has 0 fully saturated rings. The van der Waals surface area contributed by atoms with Gasteiger partial charge >= 0.3 is 6.03 Å². The molecule has 5 nitrogen and oxygen atoms in total. The summed E-state index contributed by atoms with van der Waals surface area (Å²) in [7, 11) is 1.59. The molecule has 98 valence electrons. The summed E-state index contributed by atoms with van der Waals surface area (Å²) in [5, 5.41) is 5.44. The van der Waals surface area contributed by atoms with Crippen LogP contribution in [0.25, 0.3) is 0 Å². The molecule has 0 radical (unpaired) electrons. The predicted molar refractivity (Wildman–Crippen MR) is 77.6 cm³/mol. The summed E-state index contributed by atoms with van der Waals surface area (Å²) in [5.41, 5.74) is 1.34. The normalized spacial score (nSPS) is 9.79. The van der Waals surface area contributed by atoms with Gasteiger partial charge in [0.2, 0.25) is 0 Å². The molecular formula is C13H12BrN3O2. The van der Waals surface area contributed by atoms with Crippen molar-refractivity contribution in [3.05, 3.63) is 47.2 Å². The highest BCUT2D eigenvalue weighted by Crippen LogP contribution is 2.20.